The maximum atomic E-state index is 13.2. The Bertz CT molecular complexity index is 1060. The number of aromatic nitrogens is 2. The van der Waals surface area contributed by atoms with E-state index in [4.69, 9.17) is 9.15 Å². The summed E-state index contributed by atoms with van der Waals surface area (Å²) in [7, 11) is 0. The van der Waals surface area contributed by atoms with Crippen LogP contribution < -0.4 is 4.90 Å². The number of carbonyl (C=O) groups excluding carboxylic acids is 2. The van der Waals surface area contributed by atoms with Crippen molar-refractivity contribution in [3.05, 3.63) is 53.7 Å². The van der Waals surface area contributed by atoms with Crippen molar-refractivity contribution in [3.63, 3.8) is 0 Å². The van der Waals surface area contributed by atoms with Gasteiger partial charge in [-0.25, -0.2) is 14.4 Å². The zero-order chi connectivity index (χ0) is 23.2. The van der Waals surface area contributed by atoms with Crippen LogP contribution >= 0.6 is 11.3 Å². The molecule has 2 heterocycles. The number of anilines is 1. The van der Waals surface area contributed by atoms with Gasteiger partial charge in [-0.2, -0.15) is 0 Å². The second-order valence-electron chi connectivity index (χ2n) is 8.07. The number of aryl methyl sites for hydroxylation is 1. The molecule has 1 saturated carbocycles. The molecule has 1 amide bonds. The maximum Gasteiger partial charge on any atom is 0.307 e. The van der Waals surface area contributed by atoms with E-state index in [9.17, 15) is 14.0 Å². The maximum absolute atomic E-state index is 13.2. The van der Waals surface area contributed by atoms with Gasteiger partial charge in [0.2, 0.25) is 0 Å². The number of halogens is 1. The smallest absolute Gasteiger partial charge is 0.307 e. The number of oxazole rings is 1. The number of amides is 1. The van der Waals surface area contributed by atoms with Crippen LogP contribution in [0.15, 0.2) is 46.5 Å². The molecular weight excluding hydrogens is 445 g/mol. The van der Waals surface area contributed by atoms with E-state index < -0.39 is 12.1 Å². The number of benzene rings is 1. The van der Waals surface area contributed by atoms with E-state index >= 15 is 0 Å². The van der Waals surface area contributed by atoms with Gasteiger partial charge < -0.3 is 9.15 Å². The zero-order valence-corrected chi connectivity index (χ0v) is 19.2. The normalized spacial score (nSPS) is 15.2. The van der Waals surface area contributed by atoms with Crippen molar-refractivity contribution in [1.29, 1.82) is 0 Å². The standard InChI is InChI=1S/C24H26FN3O4S/c1-16(23(30)28(24-26-13-14-33-24)19-5-3-2-4-6-19)31-22(29)12-11-21-27-15-20(32-21)17-7-9-18(25)10-8-17/h7-10,13-16,19H,2-6,11-12H2,1H3. The molecule has 0 bridgehead atoms. The highest BCUT2D eigenvalue weighted by Crippen LogP contribution is 2.30. The fourth-order valence-electron chi connectivity index (χ4n) is 3.99. The SMILES string of the molecule is CC(OC(=O)CCc1ncc(-c2ccc(F)cc2)o1)C(=O)N(c1nccs1)C1CCCCC1. The van der Waals surface area contributed by atoms with E-state index in [2.05, 4.69) is 9.97 Å². The van der Waals surface area contributed by atoms with Crippen LogP contribution in [0, 0.1) is 5.82 Å². The molecule has 4 rings (SSSR count). The van der Waals surface area contributed by atoms with E-state index in [1.54, 1.807) is 30.2 Å². The Morgan fingerprint density at radius 1 is 1.21 bits per heavy atom. The Balaban J connectivity index is 1.33. The molecule has 0 radical (unpaired) electrons. The van der Waals surface area contributed by atoms with E-state index in [1.807, 2.05) is 5.38 Å². The van der Waals surface area contributed by atoms with Crippen molar-refractivity contribution in [2.75, 3.05) is 4.90 Å². The number of esters is 1. The summed E-state index contributed by atoms with van der Waals surface area (Å²) < 4.78 is 24.2. The summed E-state index contributed by atoms with van der Waals surface area (Å²) in [6, 6.07) is 5.96. The first kappa shape index (κ1) is 23.1. The summed E-state index contributed by atoms with van der Waals surface area (Å²) in [5.74, 6) is -0.216. The molecule has 1 aliphatic carbocycles. The molecule has 1 aliphatic rings. The minimum atomic E-state index is -0.914. The van der Waals surface area contributed by atoms with Crippen molar-refractivity contribution in [3.8, 4) is 11.3 Å². The van der Waals surface area contributed by atoms with Crippen molar-refractivity contribution in [1.82, 2.24) is 9.97 Å². The Hall–Kier alpha value is -3.07. The van der Waals surface area contributed by atoms with Crippen LogP contribution in [0.2, 0.25) is 0 Å². The summed E-state index contributed by atoms with van der Waals surface area (Å²) in [6.45, 7) is 1.60. The van der Waals surface area contributed by atoms with Crippen molar-refractivity contribution < 1.29 is 23.1 Å². The van der Waals surface area contributed by atoms with Gasteiger partial charge in [-0.05, 0) is 44.0 Å². The molecule has 0 saturated heterocycles. The van der Waals surface area contributed by atoms with Gasteiger partial charge in [0, 0.05) is 29.6 Å². The zero-order valence-electron chi connectivity index (χ0n) is 18.4. The van der Waals surface area contributed by atoms with Crippen LogP contribution in [-0.4, -0.2) is 34.0 Å². The van der Waals surface area contributed by atoms with Gasteiger partial charge in [0.15, 0.2) is 22.9 Å². The molecule has 0 aliphatic heterocycles. The lowest BCUT2D eigenvalue weighted by molar-refractivity contribution is -0.154. The molecule has 33 heavy (non-hydrogen) atoms. The minimum Gasteiger partial charge on any atom is -0.453 e. The van der Waals surface area contributed by atoms with Crippen LogP contribution in [0.1, 0.15) is 51.3 Å². The molecule has 0 spiro atoms. The molecule has 1 unspecified atom stereocenters. The first-order valence-corrected chi connectivity index (χ1v) is 12.0. The Labute approximate surface area is 195 Å². The first-order valence-electron chi connectivity index (χ1n) is 11.1. The highest BCUT2D eigenvalue weighted by molar-refractivity contribution is 7.13. The average Bonchev–Trinajstić information content (AvgIpc) is 3.52. The second kappa shape index (κ2) is 10.7. The third kappa shape index (κ3) is 5.84. The third-order valence-corrected chi connectivity index (χ3v) is 6.45. The fraction of sp³-hybridized carbons (Fsp3) is 0.417. The summed E-state index contributed by atoms with van der Waals surface area (Å²) >= 11 is 1.41. The lowest BCUT2D eigenvalue weighted by Crippen LogP contribution is -2.47. The highest BCUT2D eigenvalue weighted by Gasteiger charge is 2.33. The molecule has 9 heteroatoms. The third-order valence-electron chi connectivity index (χ3n) is 5.68. The van der Waals surface area contributed by atoms with Gasteiger partial charge in [0.1, 0.15) is 5.82 Å². The van der Waals surface area contributed by atoms with Crippen LogP contribution in [0.5, 0.6) is 0 Å². The predicted octanol–water partition coefficient (Wildman–Crippen LogP) is 5.17. The van der Waals surface area contributed by atoms with Gasteiger partial charge in [-0.3, -0.25) is 14.5 Å². The van der Waals surface area contributed by atoms with Crippen molar-refractivity contribution in [2.24, 2.45) is 0 Å². The predicted molar refractivity (Wildman–Crippen MR) is 122 cm³/mol. The number of hydrogen-bond donors (Lipinski definition) is 0. The number of rotatable bonds is 8. The largest absolute Gasteiger partial charge is 0.453 e. The van der Waals surface area contributed by atoms with Gasteiger partial charge in [0.25, 0.3) is 5.91 Å². The number of hydrogen-bond acceptors (Lipinski definition) is 7. The van der Waals surface area contributed by atoms with Gasteiger partial charge >= 0.3 is 5.97 Å². The molecule has 0 N–H and O–H groups in total. The van der Waals surface area contributed by atoms with Crippen LogP contribution in [-0.2, 0) is 20.7 Å². The molecule has 2 aromatic heterocycles. The molecule has 1 fully saturated rings. The fourth-order valence-corrected chi connectivity index (χ4v) is 4.71. The summed E-state index contributed by atoms with van der Waals surface area (Å²) in [4.78, 5) is 35.8. The van der Waals surface area contributed by atoms with Gasteiger partial charge in [-0.15, -0.1) is 11.3 Å². The quantitative estimate of drug-likeness (QED) is 0.422. The van der Waals surface area contributed by atoms with E-state index in [-0.39, 0.29) is 30.6 Å². The Morgan fingerprint density at radius 3 is 2.67 bits per heavy atom. The van der Waals surface area contributed by atoms with Crippen LogP contribution in [0.4, 0.5) is 9.52 Å². The Kier molecular flexibility index (Phi) is 7.49. The first-order chi connectivity index (χ1) is 16.0. The van der Waals surface area contributed by atoms with E-state index in [0.717, 1.165) is 25.7 Å². The molecule has 7 nitrogen and oxygen atoms in total. The van der Waals surface area contributed by atoms with Crippen molar-refractivity contribution >= 4 is 28.3 Å². The number of carbonyl (C=O) groups is 2. The van der Waals surface area contributed by atoms with Crippen LogP contribution in [0.3, 0.4) is 0 Å². The molecular formula is C24H26FN3O4S. The second-order valence-corrected chi connectivity index (χ2v) is 8.95. The molecule has 3 aromatic rings. The summed E-state index contributed by atoms with van der Waals surface area (Å²) in [6.07, 6.45) is 7.73. The summed E-state index contributed by atoms with van der Waals surface area (Å²) in [5.41, 5.74) is 0.696. The van der Waals surface area contributed by atoms with E-state index in [1.165, 1.54) is 36.1 Å². The summed E-state index contributed by atoms with van der Waals surface area (Å²) in [5, 5.41) is 2.48. The Morgan fingerprint density at radius 2 is 1.97 bits per heavy atom. The molecule has 1 atom stereocenters. The highest BCUT2D eigenvalue weighted by atomic mass is 32.1. The number of thiazole rings is 1. The topological polar surface area (TPSA) is 85.5 Å². The molecule has 1 aromatic carbocycles. The lowest BCUT2D eigenvalue weighted by atomic mass is 9.94. The monoisotopic (exact) mass is 471 g/mol. The lowest BCUT2D eigenvalue weighted by Gasteiger charge is -2.33. The van der Waals surface area contributed by atoms with Gasteiger partial charge in [-0.1, -0.05) is 19.3 Å². The van der Waals surface area contributed by atoms with Crippen molar-refractivity contribution in [2.45, 2.75) is 64.0 Å². The van der Waals surface area contributed by atoms with Crippen LogP contribution in [0.25, 0.3) is 11.3 Å². The number of nitrogens with zero attached hydrogens (tertiary/aromatic N) is 3. The minimum absolute atomic E-state index is 0.0294. The average molecular weight is 472 g/mol. The van der Waals surface area contributed by atoms with E-state index in [0.29, 0.717) is 22.3 Å². The van der Waals surface area contributed by atoms with Gasteiger partial charge in [0.05, 0.1) is 12.6 Å². The molecule has 174 valence electrons. The number of ether oxygens (including phenoxy) is 1.